The molecule has 0 aliphatic rings. The highest BCUT2D eigenvalue weighted by molar-refractivity contribution is 7.45. The first kappa shape index (κ1) is 34.0. The molecular formula is C22H49N4O6P. The quantitative estimate of drug-likeness (QED) is 0.0538. The molecule has 0 saturated heterocycles. The lowest BCUT2D eigenvalue weighted by atomic mass is 10.0. The van der Waals surface area contributed by atoms with E-state index in [1.807, 2.05) is 0 Å². The third-order valence-corrected chi connectivity index (χ3v) is 5.16. The molecule has 0 saturated carbocycles. The first-order valence-electron chi connectivity index (χ1n) is 12.4. The van der Waals surface area contributed by atoms with Crippen molar-refractivity contribution >= 4 is 19.8 Å². The second kappa shape index (κ2) is 24.0. The van der Waals surface area contributed by atoms with Crippen LogP contribution in [-0.2, 0) is 9.36 Å². The number of carboxylic acids is 1. The van der Waals surface area contributed by atoms with Crippen LogP contribution in [0.5, 0.6) is 0 Å². The predicted molar refractivity (Wildman–Crippen MR) is 134 cm³/mol. The van der Waals surface area contributed by atoms with Gasteiger partial charge >= 0.3 is 13.8 Å². The molecule has 0 heterocycles. The van der Waals surface area contributed by atoms with Crippen LogP contribution in [0.4, 0.5) is 0 Å². The maximum atomic E-state index is 11.3. The first-order valence-corrected chi connectivity index (χ1v) is 13.9. The standard InChI is InChI=1S/C22H46N4O2.H3O4P/c1-2-3-4-5-6-7-8-9-10-11-12-13-14-15-18-25-20(21(27)28)17-16-19-26-22(23)24;1-5(2,3)4/h20,25H,2-19H2,1H3,(H,27,28)(H4,23,24,26);(H3,1,2,3,4). The second-order valence-corrected chi connectivity index (χ2v) is 9.43. The zero-order chi connectivity index (χ0) is 25.4. The van der Waals surface area contributed by atoms with Gasteiger partial charge in [-0.1, -0.05) is 90.4 Å². The van der Waals surface area contributed by atoms with Crippen LogP contribution in [0.1, 0.15) is 110 Å². The van der Waals surface area contributed by atoms with Gasteiger partial charge in [0.25, 0.3) is 0 Å². The van der Waals surface area contributed by atoms with Gasteiger partial charge < -0.3 is 36.6 Å². The molecule has 0 aliphatic carbocycles. The number of unbranched alkanes of at least 4 members (excludes halogenated alkanes) is 13. The largest absolute Gasteiger partial charge is 0.480 e. The molecule has 0 aromatic carbocycles. The van der Waals surface area contributed by atoms with Gasteiger partial charge in [-0.2, -0.15) is 0 Å². The summed E-state index contributed by atoms with van der Waals surface area (Å²) in [6.45, 7) is 3.51. The van der Waals surface area contributed by atoms with Crippen LogP contribution in [0.2, 0.25) is 0 Å². The van der Waals surface area contributed by atoms with Crippen LogP contribution in [0.15, 0.2) is 4.99 Å². The van der Waals surface area contributed by atoms with Crippen LogP contribution in [0.3, 0.4) is 0 Å². The molecule has 0 fully saturated rings. The zero-order valence-corrected chi connectivity index (χ0v) is 21.4. The molecule has 9 N–H and O–H groups in total. The third kappa shape index (κ3) is 35.6. The van der Waals surface area contributed by atoms with Crippen LogP contribution in [0.25, 0.3) is 0 Å². The summed E-state index contributed by atoms with van der Waals surface area (Å²) in [5.41, 5.74) is 10.5. The van der Waals surface area contributed by atoms with Gasteiger partial charge in [-0.15, -0.1) is 0 Å². The normalized spacial score (nSPS) is 12.0. The van der Waals surface area contributed by atoms with Gasteiger partial charge in [-0.3, -0.25) is 9.79 Å². The summed E-state index contributed by atoms with van der Waals surface area (Å²) < 4.78 is 8.88. The van der Waals surface area contributed by atoms with Crippen molar-refractivity contribution in [1.82, 2.24) is 5.32 Å². The van der Waals surface area contributed by atoms with Crippen LogP contribution >= 0.6 is 7.82 Å². The molecular weight excluding hydrogens is 447 g/mol. The van der Waals surface area contributed by atoms with Gasteiger partial charge in [-0.05, 0) is 25.8 Å². The van der Waals surface area contributed by atoms with E-state index in [4.69, 9.17) is 30.7 Å². The smallest absolute Gasteiger partial charge is 0.466 e. The number of carboxylic acid groups (broad SMARTS) is 1. The molecule has 198 valence electrons. The number of nitrogens with one attached hydrogen (secondary N) is 1. The molecule has 1 atom stereocenters. The van der Waals surface area contributed by atoms with Crippen molar-refractivity contribution in [2.24, 2.45) is 16.5 Å². The second-order valence-electron chi connectivity index (χ2n) is 8.40. The monoisotopic (exact) mass is 496 g/mol. The maximum absolute atomic E-state index is 11.3. The molecule has 10 nitrogen and oxygen atoms in total. The number of nitrogens with two attached hydrogens (primary N) is 2. The average Bonchev–Trinajstić information content (AvgIpc) is 2.70. The summed E-state index contributed by atoms with van der Waals surface area (Å²) in [6.07, 6.45) is 19.8. The number of hydrogen-bond donors (Lipinski definition) is 7. The number of guanidine groups is 1. The van der Waals surface area contributed by atoms with Gasteiger partial charge in [0.2, 0.25) is 0 Å². The van der Waals surface area contributed by atoms with E-state index in [0.717, 1.165) is 13.0 Å². The van der Waals surface area contributed by atoms with Crippen molar-refractivity contribution in [1.29, 1.82) is 0 Å². The fraction of sp³-hybridized carbons (Fsp3) is 0.909. The summed E-state index contributed by atoms with van der Waals surface area (Å²) in [7, 11) is -4.64. The van der Waals surface area contributed by atoms with Gasteiger partial charge in [-0.25, -0.2) is 4.57 Å². The SMILES string of the molecule is CCCCCCCCCCCCCCCCNC(CCCN=C(N)N)C(=O)O.O=P(O)(O)O. The number of hydrogen-bond acceptors (Lipinski definition) is 4. The summed E-state index contributed by atoms with van der Waals surface area (Å²) in [6, 6.07) is -0.504. The lowest BCUT2D eigenvalue weighted by Crippen LogP contribution is -2.37. The minimum absolute atomic E-state index is 0.0576. The minimum Gasteiger partial charge on any atom is -0.480 e. The van der Waals surface area contributed by atoms with Crippen molar-refractivity contribution in [3.8, 4) is 0 Å². The van der Waals surface area contributed by atoms with Crippen molar-refractivity contribution < 1.29 is 29.1 Å². The van der Waals surface area contributed by atoms with Gasteiger partial charge in [0, 0.05) is 6.54 Å². The summed E-state index contributed by atoms with van der Waals surface area (Å²) in [5, 5.41) is 12.4. The van der Waals surface area contributed by atoms with E-state index in [2.05, 4.69) is 17.2 Å². The van der Waals surface area contributed by atoms with E-state index in [9.17, 15) is 9.90 Å². The van der Waals surface area contributed by atoms with Crippen molar-refractivity contribution in [2.45, 2.75) is 116 Å². The van der Waals surface area contributed by atoms with Crippen LogP contribution < -0.4 is 16.8 Å². The fourth-order valence-corrected chi connectivity index (χ4v) is 3.41. The molecule has 0 amide bonds. The predicted octanol–water partition coefficient (Wildman–Crippen LogP) is 3.64. The Morgan fingerprint density at radius 2 is 1.21 bits per heavy atom. The van der Waals surface area contributed by atoms with Crippen molar-refractivity contribution in [2.75, 3.05) is 13.1 Å². The Balaban J connectivity index is 0. The van der Waals surface area contributed by atoms with Gasteiger partial charge in [0.1, 0.15) is 6.04 Å². The molecule has 1 unspecified atom stereocenters. The molecule has 0 spiro atoms. The highest BCUT2D eigenvalue weighted by Crippen LogP contribution is 2.25. The summed E-state index contributed by atoms with van der Waals surface area (Å²) >= 11 is 0. The average molecular weight is 497 g/mol. The number of aliphatic imine (C=N–C) groups is 1. The van der Waals surface area contributed by atoms with E-state index in [0.29, 0.717) is 19.4 Å². The van der Waals surface area contributed by atoms with E-state index >= 15 is 0 Å². The number of carbonyl (C=O) groups is 1. The molecule has 0 rings (SSSR count). The topological polar surface area (TPSA) is 191 Å². The molecule has 11 heteroatoms. The molecule has 0 radical (unpaired) electrons. The molecule has 33 heavy (non-hydrogen) atoms. The number of phosphoric acid groups is 1. The van der Waals surface area contributed by atoms with E-state index < -0.39 is 19.8 Å². The highest BCUT2D eigenvalue weighted by atomic mass is 31.2. The Morgan fingerprint density at radius 3 is 1.58 bits per heavy atom. The molecule has 0 aliphatic heterocycles. The number of aliphatic carboxylic acids is 1. The molecule has 0 aromatic heterocycles. The Labute approximate surface area is 199 Å². The highest BCUT2D eigenvalue weighted by Gasteiger charge is 2.15. The third-order valence-electron chi connectivity index (χ3n) is 5.16. The number of rotatable bonds is 21. The lowest BCUT2D eigenvalue weighted by Gasteiger charge is -2.13. The Bertz CT molecular complexity index is 519. The maximum Gasteiger partial charge on any atom is 0.466 e. The number of nitrogens with zero attached hydrogens (tertiary/aromatic N) is 1. The Hall–Kier alpha value is -1.19. The first-order chi connectivity index (χ1) is 15.6. The van der Waals surface area contributed by atoms with Crippen LogP contribution in [-0.4, -0.2) is 50.8 Å². The zero-order valence-electron chi connectivity index (χ0n) is 20.5. The van der Waals surface area contributed by atoms with Crippen LogP contribution in [0, 0.1) is 0 Å². The lowest BCUT2D eigenvalue weighted by molar-refractivity contribution is -0.139. The minimum atomic E-state index is -4.64. The van der Waals surface area contributed by atoms with E-state index in [1.165, 1.54) is 83.5 Å². The van der Waals surface area contributed by atoms with Gasteiger partial charge in [0.15, 0.2) is 5.96 Å². The molecule has 0 bridgehead atoms. The van der Waals surface area contributed by atoms with E-state index in [-0.39, 0.29) is 5.96 Å². The van der Waals surface area contributed by atoms with Gasteiger partial charge in [0.05, 0.1) is 0 Å². The van der Waals surface area contributed by atoms with E-state index in [1.54, 1.807) is 0 Å². The fourth-order valence-electron chi connectivity index (χ4n) is 3.41. The van der Waals surface area contributed by atoms with Crippen molar-refractivity contribution in [3.63, 3.8) is 0 Å². The Morgan fingerprint density at radius 1 is 0.818 bits per heavy atom. The summed E-state index contributed by atoms with van der Waals surface area (Å²) in [5.74, 6) is -0.739. The summed E-state index contributed by atoms with van der Waals surface area (Å²) in [4.78, 5) is 36.7. The molecule has 0 aromatic rings. The van der Waals surface area contributed by atoms with Crippen molar-refractivity contribution in [3.05, 3.63) is 0 Å². The Kier molecular flexibility index (Phi) is 24.7.